The summed E-state index contributed by atoms with van der Waals surface area (Å²) in [5.41, 5.74) is 1.62. The summed E-state index contributed by atoms with van der Waals surface area (Å²) in [4.78, 5) is 4.20. The average Bonchev–Trinajstić information content (AvgIpc) is 2.62. The SMILES string of the molecule is C=C/C=C(\C=C)c1nc(CO)cs1. The first-order valence-electron chi connectivity index (χ1n) is 3.82. The van der Waals surface area contributed by atoms with Gasteiger partial charge in [0.2, 0.25) is 0 Å². The van der Waals surface area contributed by atoms with Gasteiger partial charge in [0.1, 0.15) is 5.01 Å². The van der Waals surface area contributed by atoms with Gasteiger partial charge in [-0.3, -0.25) is 0 Å². The van der Waals surface area contributed by atoms with Crippen molar-refractivity contribution in [3.8, 4) is 0 Å². The first-order valence-corrected chi connectivity index (χ1v) is 4.70. The van der Waals surface area contributed by atoms with Crippen LogP contribution in [0, 0.1) is 0 Å². The number of hydrogen-bond acceptors (Lipinski definition) is 3. The van der Waals surface area contributed by atoms with Gasteiger partial charge in [-0.15, -0.1) is 11.3 Å². The van der Waals surface area contributed by atoms with Gasteiger partial charge < -0.3 is 5.11 Å². The Morgan fingerprint density at radius 2 is 2.38 bits per heavy atom. The summed E-state index contributed by atoms with van der Waals surface area (Å²) in [6, 6.07) is 0. The van der Waals surface area contributed by atoms with Crippen LogP contribution in [0.3, 0.4) is 0 Å². The minimum Gasteiger partial charge on any atom is -0.390 e. The van der Waals surface area contributed by atoms with Crippen LogP contribution in [0.1, 0.15) is 10.7 Å². The van der Waals surface area contributed by atoms with E-state index in [2.05, 4.69) is 18.1 Å². The fraction of sp³-hybridized carbons (Fsp3) is 0.100. The summed E-state index contributed by atoms with van der Waals surface area (Å²) >= 11 is 1.49. The van der Waals surface area contributed by atoms with Gasteiger partial charge in [-0.2, -0.15) is 0 Å². The van der Waals surface area contributed by atoms with Gasteiger partial charge in [-0.05, 0) is 0 Å². The van der Waals surface area contributed by atoms with Crippen molar-refractivity contribution in [2.45, 2.75) is 6.61 Å². The average molecular weight is 193 g/mol. The van der Waals surface area contributed by atoms with Crippen molar-refractivity contribution >= 4 is 16.9 Å². The van der Waals surface area contributed by atoms with Gasteiger partial charge in [0.25, 0.3) is 0 Å². The summed E-state index contributed by atoms with van der Waals surface area (Å²) in [5, 5.41) is 11.5. The summed E-state index contributed by atoms with van der Waals surface area (Å²) < 4.78 is 0. The van der Waals surface area contributed by atoms with Crippen LogP contribution in [0.2, 0.25) is 0 Å². The van der Waals surface area contributed by atoms with Crippen LogP contribution in [0.5, 0.6) is 0 Å². The van der Waals surface area contributed by atoms with Crippen molar-refractivity contribution < 1.29 is 5.11 Å². The highest BCUT2D eigenvalue weighted by Crippen LogP contribution is 2.20. The zero-order chi connectivity index (χ0) is 9.68. The van der Waals surface area contributed by atoms with E-state index in [0.717, 1.165) is 10.6 Å². The quantitative estimate of drug-likeness (QED) is 0.745. The van der Waals surface area contributed by atoms with E-state index in [1.807, 2.05) is 11.5 Å². The normalized spacial score (nSPS) is 11.3. The number of aromatic nitrogens is 1. The molecule has 0 aliphatic heterocycles. The second kappa shape index (κ2) is 4.74. The highest BCUT2D eigenvalue weighted by atomic mass is 32.1. The largest absolute Gasteiger partial charge is 0.390 e. The molecule has 1 rings (SSSR count). The molecular formula is C10H11NOS. The molecule has 0 spiro atoms. The highest BCUT2D eigenvalue weighted by molar-refractivity contribution is 7.10. The summed E-state index contributed by atoms with van der Waals surface area (Å²) in [5.74, 6) is 0. The Labute approximate surface area is 81.6 Å². The van der Waals surface area contributed by atoms with Crippen LogP contribution in [-0.2, 0) is 6.61 Å². The molecule has 13 heavy (non-hydrogen) atoms. The van der Waals surface area contributed by atoms with E-state index in [1.165, 1.54) is 11.3 Å². The molecule has 3 heteroatoms. The van der Waals surface area contributed by atoms with Gasteiger partial charge in [0, 0.05) is 11.0 Å². The fourth-order valence-electron chi connectivity index (χ4n) is 0.866. The molecule has 0 saturated heterocycles. The minimum absolute atomic E-state index is 0.0188. The summed E-state index contributed by atoms with van der Waals surface area (Å²) in [6.45, 7) is 7.26. The first-order chi connectivity index (χ1) is 6.31. The lowest BCUT2D eigenvalue weighted by molar-refractivity contribution is 0.277. The van der Waals surface area contributed by atoms with Gasteiger partial charge >= 0.3 is 0 Å². The van der Waals surface area contributed by atoms with E-state index in [4.69, 9.17) is 5.11 Å². The minimum atomic E-state index is -0.0188. The Balaban J connectivity index is 2.98. The van der Waals surface area contributed by atoms with E-state index in [9.17, 15) is 0 Å². The van der Waals surface area contributed by atoms with Crippen molar-refractivity contribution in [2.75, 3.05) is 0 Å². The van der Waals surface area contributed by atoms with Gasteiger partial charge in [-0.1, -0.05) is 31.4 Å². The van der Waals surface area contributed by atoms with Crippen LogP contribution in [0.15, 0.2) is 36.8 Å². The number of allylic oxidation sites excluding steroid dienone is 4. The molecule has 0 saturated carbocycles. The maximum absolute atomic E-state index is 8.81. The summed E-state index contributed by atoms with van der Waals surface area (Å²) in [7, 11) is 0. The molecule has 0 amide bonds. The van der Waals surface area contributed by atoms with Crippen LogP contribution in [0.4, 0.5) is 0 Å². The number of aliphatic hydroxyl groups excluding tert-OH is 1. The molecule has 0 unspecified atom stereocenters. The predicted molar refractivity (Wildman–Crippen MR) is 56.4 cm³/mol. The van der Waals surface area contributed by atoms with Crippen molar-refractivity contribution in [2.24, 2.45) is 0 Å². The fourth-order valence-corrected chi connectivity index (χ4v) is 1.70. The van der Waals surface area contributed by atoms with E-state index in [-0.39, 0.29) is 6.61 Å². The summed E-state index contributed by atoms with van der Waals surface area (Å²) in [6.07, 6.45) is 5.26. The molecule has 0 bridgehead atoms. The van der Waals surface area contributed by atoms with Crippen LogP contribution >= 0.6 is 11.3 Å². The zero-order valence-electron chi connectivity index (χ0n) is 7.23. The number of hydrogen-bond donors (Lipinski definition) is 1. The third-order valence-corrected chi connectivity index (χ3v) is 2.42. The number of thiazole rings is 1. The highest BCUT2D eigenvalue weighted by Gasteiger charge is 2.02. The lowest BCUT2D eigenvalue weighted by Crippen LogP contribution is -1.84. The first kappa shape index (κ1) is 9.89. The molecule has 68 valence electrons. The zero-order valence-corrected chi connectivity index (χ0v) is 8.05. The topological polar surface area (TPSA) is 33.1 Å². The molecule has 1 heterocycles. The Bertz CT molecular complexity index is 338. The van der Waals surface area contributed by atoms with Gasteiger partial charge in [-0.25, -0.2) is 4.98 Å². The second-order valence-electron chi connectivity index (χ2n) is 2.36. The van der Waals surface area contributed by atoms with Crippen molar-refractivity contribution in [1.29, 1.82) is 0 Å². The molecule has 0 atom stereocenters. The molecule has 1 aromatic rings. The predicted octanol–water partition coefficient (Wildman–Crippen LogP) is 2.39. The molecule has 1 N–H and O–H groups in total. The Kier molecular flexibility index (Phi) is 3.61. The van der Waals surface area contributed by atoms with Crippen LogP contribution in [0.25, 0.3) is 5.57 Å². The molecule has 0 fully saturated rings. The Morgan fingerprint density at radius 3 is 2.85 bits per heavy atom. The molecule has 0 aliphatic rings. The molecule has 2 nitrogen and oxygen atoms in total. The van der Waals surface area contributed by atoms with Gasteiger partial charge in [0.05, 0.1) is 12.3 Å². The molecule has 0 radical (unpaired) electrons. The number of rotatable bonds is 4. The van der Waals surface area contributed by atoms with Crippen LogP contribution < -0.4 is 0 Å². The molecular weight excluding hydrogens is 182 g/mol. The lowest BCUT2D eigenvalue weighted by Gasteiger charge is -1.92. The third-order valence-electron chi connectivity index (χ3n) is 1.48. The third kappa shape index (κ3) is 2.37. The number of aliphatic hydroxyl groups is 1. The maximum atomic E-state index is 8.81. The van der Waals surface area contributed by atoms with Crippen molar-refractivity contribution in [3.05, 3.63) is 47.5 Å². The lowest BCUT2D eigenvalue weighted by atomic mass is 10.2. The smallest absolute Gasteiger partial charge is 0.123 e. The standard InChI is InChI=1S/C10H11NOS/c1-3-5-8(4-2)10-11-9(6-12)7-13-10/h3-5,7,12H,1-2,6H2/b8-5+. The van der Waals surface area contributed by atoms with E-state index in [0.29, 0.717) is 5.69 Å². The van der Waals surface area contributed by atoms with Crippen molar-refractivity contribution in [3.63, 3.8) is 0 Å². The monoisotopic (exact) mass is 193 g/mol. The van der Waals surface area contributed by atoms with Gasteiger partial charge in [0.15, 0.2) is 0 Å². The molecule has 0 aliphatic carbocycles. The van der Waals surface area contributed by atoms with E-state index < -0.39 is 0 Å². The van der Waals surface area contributed by atoms with E-state index >= 15 is 0 Å². The molecule has 1 aromatic heterocycles. The van der Waals surface area contributed by atoms with Crippen molar-refractivity contribution in [1.82, 2.24) is 4.98 Å². The van der Waals surface area contributed by atoms with Crippen LogP contribution in [-0.4, -0.2) is 10.1 Å². The Hall–Kier alpha value is -1.19. The second-order valence-corrected chi connectivity index (χ2v) is 3.22. The number of nitrogens with zero attached hydrogens (tertiary/aromatic N) is 1. The molecule has 0 aromatic carbocycles. The maximum Gasteiger partial charge on any atom is 0.123 e. The Morgan fingerprint density at radius 1 is 1.62 bits per heavy atom. The van der Waals surface area contributed by atoms with E-state index in [1.54, 1.807) is 12.2 Å².